The van der Waals surface area contributed by atoms with Crippen molar-refractivity contribution in [2.75, 3.05) is 25.1 Å². The van der Waals surface area contributed by atoms with Crippen molar-refractivity contribution in [3.05, 3.63) is 47.3 Å². The number of aromatic nitrogens is 4. The summed E-state index contributed by atoms with van der Waals surface area (Å²) in [5, 5.41) is 16.8. The van der Waals surface area contributed by atoms with Crippen molar-refractivity contribution < 1.29 is 19.0 Å². The largest absolute Gasteiger partial charge is 0.490 e. The predicted molar refractivity (Wildman–Crippen MR) is 136 cm³/mol. The number of rotatable bonds is 10. The highest BCUT2D eigenvalue weighted by molar-refractivity contribution is 7.19. The van der Waals surface area contributed by atoms with Gasteiger partial charge in [-0.2, -0.15) is 9.61 Å². The van der Waals surface area contributed by atoms with Crippen LogP contribution in [0.4, 0.5) is 5.69 Å². The van der Waals surface area contributed by atoms with E-state index in [-0.39, 0.29) is 5.91 Å². The lowest BCUT2D eigenvalue weighted by Crippen LogP contribution is -2.14. The summed E-state index contributed by atoms with van der Waals surface area (Å²) in [5.41, 5.74) is 2.93. The lowest BCUT2D eigenvalue weighted by atomic mass is 10.1. The maximum atomic E-state index is 13.3. The van der Waals surface area contributed by atoms with E-state index in [1.165, 1.54) is 11.3 Å². The molecule has 0 aliphatic heterocycles. The van der Waals surface area contributed by atoms with Crippen LogP contribution >= 0.6 is 11.3 Å². The zero-order chi connectivity index (χ0) is 24.9. The number of benzene rings is 2. The minimum absolute atomic E-state index is 0.276. The first kappa shape index (κ1) is 24.5. The second kappa shape index (κ2) is 10.7. The van der Waals surface area contributed by atoms with Crippen LogP contribution in [0.5, 0.6) is 17.2 Å². The molecule has 0 bridgehead atoms. The van der Waals surface area contributed by atoms with E-state index in [0.717, 1.165) is 33.3 Å². The third-order valence-electron chi connectivity index (χ3n) is 5.28. The van der Waals surface area contributed by atoms with Crippen LogP contribution in [0, 0.1) is 6.92 Å². The van der Waals surface area contributed by atoms with E-state index in [0.29, 0.717) is 48.3 Å². The number of nitrogens with one attached hydrogen (secondary N) is 1. The number of amides is 1. The smallest absolute Gasteiger partial charge is 0.255 e. The highest BCUT2D eigenvalue weighted by Gasteiger charge is 2.19. The number of aryl methyl sites for hydroxylation is 2. The van der Waals surface area contributed by atoms with Crippen LogP contribution in [0.25, 0.3) is 15.5 Å². The highest BCUT2D eigenvalue weighted by atomic mass is 32.1. The highest BCUT2D eigenvalue weighted by Crippen LogP contribution is 2.39. The Labute approximate surface area is 208 Å². The van der Waals surface area contributed by atoms with Crippen LogP contribution < -0.4 is 19.5 Å². The summed E-state index contributed by atoms with van der Waals surface area (Å²) in [4.78, 5) is 14.0. The third-order valence-corrected chi connectivity index (χ3v) is 6.22. The van der Waals surface area contributed by atoms with Crippen molar-refractivity contribution in [2.45, 2.75) is 41.0 Å². The van der Waals surface area contributed by atoms with Gasteiger partial charge in [-0.15, -0.1) is 10.2 Å². The number of hydrogen-bond donors (Lipinski definition) is 1. The van der Waals surface area contributed by atoms with E-state index < -0.39 is 0 Å². The van der Waals surface area contributed by atoms with Gasteiger partial charge < -0.3 is 19.5 Å². The first-order valence-corrected chi connectivity index (χ1v) is 12.5. The van der Waals surface area contributed by atoms with E-state index in [9.17, 15) is 4.79 Å². The standard InChI is InChI=1S/C25H29N5O4S/c1-6-21-27-28-25-30(21)29-24(35-25)16-11-10-15(5)18(12-16)26-23(31)17-13-19(32-7-2)22(34-9-4)20(14-17)33-8-3/h10-14H,6-9H2,1-5H3,(H,26,31). The fourth-order valence-electron chi connectivity index (χ4n) is 3.60. The summed E-state index contributed by atoms with van der Waals surface area (Å²) in [6, 6.07) is 9.23. The first-order chi connectivity index (χ1) is 17.0. The minimum Gasteiger partial charge on any atom is -0.490 e. The molecule has 0 unspecified atom stereocenters. The van der Waals surface area contributed by atoms with Gasteiger partial charge in [-0.05, 0) is 51.5 Å². The van der Waals surface area contributed by atoms with Gasteiger partial charge in [0, 0.05) is 23.2 Å². The molecule has 0 radical (unpaired) electrons. The molecule has 4 aromatic rings. The Bertz CT molecular complexity index is 1320. The molecular weight excluding hydrogens is 466 g/mol. The molecule has 0 aliphatic carbocycles. The quantitative estimate of drug-likeness (QED) is 0.324. The number of ether oxygens (including phenoxy) is 3. The van der Waals surface area contributed by atoms with Crippen molar-refractivity contribution >= 4 is 27.9 Å². The first-order valence-electron chi connectivity index (χ1n) is 11.7. The zero-order valence-electron chi connectivity index (χ0n) is 20.5. The van der Waals surface area contributed by atoms with Crippen LogP contribution in [0.3, 0.4) is 0 Å². The minimum atomic E-state index is -0.276. The van der Waals surface area contributed by atoms with Crippen molar-refractivity contribution in [3.8, 4) is 27.8 Å². The van der Waals surface area contributed by atoms with Gasteiger partial charge in [0.25, 0.3) is 5.91 Å². The van der Waals surface area contributed by atoms with Gasteiger partial charge in [0.15, 0.2) is 17.3 Å². The van der Waals surface area contributed by atoms with Crippen LogP contribution in [0.2, 0.25) is 0 Å². The van der Waals surface area contributed by atoms with Gasteiger partial charge >= 0.3 is 0 Å². The average molecular weight is 496 g/mol. The van der Waals surface area contributed by atoms with E-state index in [1.54, 1.807) is 16.6 Å². The molecule has 0 saturated heterocycles. The summed E-state index contributed by atoms with van der Waals surface area (Å²) >= 11 is 1.46. The lowest BCUT2D eigenvalue weighted by Gasteiger charge is -2.17. The van der Waals surface area contributed by atoms with Crippen molar-refractivity contribution in [1.29, 1.82) is 0 Å². The SMILES string of the molecule is CCOc1cc(C(=O)Nc2cc(-c3nn4c(CC)nnc4s3)ccc2C)cc(OCC)c1OCC. The Morgan fingerprint density at radius 3 is 2.29 bits per heavy atom. The van der Waals surface area contributed by atoms with Gasteiger partial charge in [-0.25, -0.2) is 0 Å². The van der Waals surface area contributed by atoms with Gasteiger partial charge in [0.05, 0.1) is 19.8 Å². The molecule has 0 saturated carbocycles. The fourth-order valence-corrected chi connectivity index (χ4v) is 4.45. The van der Waals surface area contributed by atoms with Crippen LogP contribution in [-0.2, 0) is 6.42 Å². The molecule has 0 aliphatic rings. The molecule has 184 valence electrons. The van der Waals surface area contributed by atoms with Gasteiger partial charge in [0.2, 0.25) is 10.7 Å². The molecule has 35 heavy (non-hydrogen) atoms. The Hall–Kier alpha value is -3.66. The van der Waals surface area contributed by atoms with Crippen molar-refractivity contribution in [2.24, 2.45) is 0 Å². The molecular formula is C25H29N5O4S. The summed E-state index contributed by atoms with van der Waals surface area (Å²) in [7, 11) is 0. The molecule has 1 N–H and O–H groups in total. The zero-order valence-corrected chi connectivity index (χ0v) is 21.4. The summed E-state index contributed by atoms with van der Waals surface area (Å²) in [6.45, 7) is 10.9. The molecule has 0 fully saturated rings. The number of carbonyl (C=O) groups excluding carboxylic acids is 1. The summed E-state index contributed by atoms with van der Waals surface area (Å²) in [6.07, 6.45) is 0.745. The Kier molecular flexibility index (Phi) is 7.50. The van der Waals surface area contributed by atoms with Crippen LogP contribution in [0.1, 0.15) is 49.4 Å². The maximum Gasteiger partial charge on any atom is 0.255 e. The number of carbonyl (C=O) groups is 1. The topological polar surface area (TPSA) is 99.9 Å². The summed E-state index contributed by atoms with van der Waals surface area (Å²) < 4.78 is 19.0. The molecule has 1 amide bonds. The molecule has 0 spiro atoms. The predicted octanol–water partition coefficient (Wildman–Crippen LogP) is 5.17. The molecule has 9 nitrogen and oxygen atoms in total. The molecule has 0 atom stereocenters. The fraction of sp³-hybridized carbons (Fsp3) is 0.360. The monoisotopic (exact) mass is 495 g/mol. The molecule has 2 aromatic carbocycles. The Morgan fingerprint density at radius 2 is 1.66 bits per heavy atom. The number of nitrogens with zero attached hydrogens (tertiary/aromatic N) is 4. The second-order valence-corrected chi connectivity index (χ2v) is 8.61. The normalized spacial score (nSPS) is 11.0. The van der Waals surface area contributed by atoms with E-state index in [2.05, 4.69) is 20.6 Å². The molecule has 4 rings (SSSR count). The van der Waals surface area contributed by atoms with Gasteiger partial charge in [-0.3, -0.25) is 4.79 Å². The van der Waals surface area contributed by atoms with E-state index in [1.807, 2.05) is 52.8 Å². The maximum absolute atomic E-state index is 13.3. The molecule has 2 heterocycles. The second-order valence-electron chi connectivity index (χ2n) is 7.66. The lowest BCUT2D eigenvalue weighted by molar-refractivity contribution is 0.102. The Morgan fingerprint density at radius 1 is 0.971 bits per heavy atom. The number of anilines is 1. The summed E-state index contributed by atoms with van der Waals surface area (Å²) in [5.74, 6) is 1.99. The molecule has 10 heteroatoms. The number of hydrogen-bond acceptors (Lipinski definition) is 8. The van der Waals surface area contributed by atoms with Crippen molar-refractivity contribution in [3.63, 3.8) is 0 Å². The third kappa shape index (κ3) is 5.07. The number of fused-ring (bicyclic) bond motifs is 1. The Balaban J connectivity index is 1.65. The van der Waals surface area contributed by atoms with Gasteiger partial charge in [-0.1, -0.05) is 30.4 Å². The van der Waals surface area contributed by atoms with Crippen LogP contribution in [-0.4, -0.2) is 45.5 Å². The van der Waals surface area contributed by atoms with E-state index >= 15 is 0 Å². The van der Waals surface area contributed by atoms with E-state index in [4.69, 9.17) is 14.2 Å². The average Bonchev–Trinajstić information content (AvgIpc) is 3.43. The van der Waals surface area contributed by atoms with Crippen LogP contribution in [0.15, 0.2) is 30.3 Å². The van der Waals surface area contributed by atoms with Gasteiger partial charge in [0.1, 0.15) is 5.01 Å². The van der Waals surface area contributed by atoms with Crippen molar-refractivity contribution in [1.82, 2.24) is 19.8 Å². The molecule has 2 aromatic heterocycles.